The second-order valence-corrected chi connectivity index (χ2v) is 7.75. The van der Waals surface area contributed by atoms with Gasteiger partial charge in [0, 0.05) is 35.1 Å². The van der Waals surface area contributed by atoms with Crippen LogP contribution in [0.15, 0.2) is 12.1 Å². The van der Waals surface area contributed by atoms with Crippen LogP contribution < -0.4 is 0 Å². The molecule has 2 fully saturated rings. The van der Waals surface area contributed by atoms with Crippen molar-refractivity contribution in [2.45, 2.75) is 31.8 Å². The van der Waals surface area contributed by atoms with E-state index >= 15 is 0 Å². The van der Waals surface area contributed by atoms with Gasteiger partial charge in [0.25, 0.3) is 0 Å². The molecule has 1 aromatic rings. The standard InChI is InChI=1S/C17H24Cl2N2O2/c1-20-7-2-5-17(11-22)6-8-21(10-15(17)20)9-12-13(18)3-4-14(23)16(12)19/h3-4,15,22-23H,2,5-11H2,1H3/t15-,17-/m1/s1. The fourth-order valence-corrected chi connectivity index (χ4v) is 4.66. The summed E-state index contributed by atoms with van der Waals surface area (Å²) in [4.78, 5) is 4.70. The van der Waals surface area contributed by atoms with Crippen LogP contribution in [0.5, 0.6) is 5.75 Å². The lowest BCUT2D eigenvalue weighted by molar-refractivity contribution is -0.0684. The highest BCUT2D eigenvalue weighted by Gasteiger charge is 2.46. The van der Waals surface area contributed by atoms with Gasteiger partial charge in [-0.25, -0.2) is 0 Å². The molecule has 2 saturated heterocycles. The first-order chi connectivity index (χ1) is 11.0. The number of aliphatic hydroxyl groups excluding tert-OH is 1. The van der Waals surface area contributed by atoms with Crippen LogP contribution in [0.25, 0.3) is 0 Å². The summed E-state index contributed by atoms with van der Waals surface area (Å²) in [5.41, 5.74) is 0.805. The Hall–Kier alpha value is -0.520. The molecular weight excluding hydrogens is 335 g/mol. The number of hydrogen-bond acceptors (Lipinski definition) is 4. The third-order valence-electron chi connectivity index (χ3n) is 5.64. The Kier molecular flexibility index (Phi) is 5.09. The summed E-state index contributed by atoms with van der Waals surface area (Å²) in [6.45, 7) is 3.75. The van der Waals surface area contributed by atoms with Crippen molar-refractivity contribution in [2.75, 3.05) is 33.3 Å². The molecule has 2 atom stereocenters. The van der Waals surface area contributed by atoms with Crippen molar-refractivity contribution in [1.82, 2.24) is 9.80 Å². The lowest BCUT2D eigenvalue weighted by Gasteiger charge is -2.53. The van der Waals surface area contributed by atoms with Gasteiger partial charge < -0.3 is 15.1 Å². The van der Waals surface area contributed by atoms with Crippen molar-refractivity contribution in [2.24, 2.45) is 5.41 Å². The minimum absolute atomic E-state index is 0.0237. The van der Waals surface area contributed by atoms with Gasteiger partial charge in [-0.3, -0.25) is 4.90 Å². The third kappa shape index (κ3) is 3.20. The zero-order valence-corrected chi connectivity index (χ0v) is 14.9. The van der Waals surface area contributed by atoms with E-state index in [1.807, 2.05) is 0 Å². The maximum absolute atomic E-state index is 9.97. The highest BCUT2D eigenvalue weighted by Crippen LogP contribution is 2.42. The van der Waals surface area contributed by atoms with E-state index in [2.05, 4.69) is 16.8 Å². The molecule has 128 valence electrons. The topological polar surface area (TPSA) is 46.9 Å². The van der Waals surface area contributed by atoms with Crippen LogP contribution in [-0.4, -0.2) is 59.3 Å². The number of phenolic OH excluding ortho intramolecular Hbond substituents is 1. The van der Waals surface area contributed by atoms with Crippen molar-refractivity contribution in [3.8, 4) is 5.75 Å². The molecular formula is C17H24Cl2N2O2. The number of rotatable bonds is 3. The van der Waals surface area contributed by atoms with Crippen LogP contribution in [0.2, 0.25) is 10.0 Å². The van der Waals surface area contributed by atoms with E-state index in [4.69, 9.17) is 23.2 Å². The predicted octanol–water partition coefficient (Wildman–Crippen LogP) is 2.98. The Morgan fingerprint density at radius 3 is 2.78 bits per heavy atom. The van der Waals surface area contributed by atoms with E-state index in [1.165, 1.54) is 6.07 Å². The Labute approximate surface area is 147 Å². The van der Waals surface area contributed by atoms with E-state index in [0.717, 1.165) is 44.5 Å². The largest absolute Gasteiger partial charge is 0.506 e. The molecule has 0 unspecified atom stereocenters. The summed E-state index contributed by atoms with van der Waals surface area (Å²) in [5, 5.41) is 20.7. The first-order valence-corrected chi connectivity index (χ1v) is 8.92. The fraction of sp³-hybridized carbons (Fsp3) is 0.647. The number of fused-ring (bicyclic) bond motifs is 1. The molecule has 0 saturated carbocycles. The molecule has 1 aromatic carbocycles. The van der Waals surface area contributed by atoms with Crippen LogP contribution in [-0.2, 0) is 6.54 Å². The molecule has 0 amide bonds. The molecule has 0 spiro atoms. The van der Waals surface area contributed by atoms with E-state index in [0.29, 0.717) is 22.6 Å². The fourth-order valence-electron chi connectivity index (χ4n) is 4.17. The minimum atomic E-state index is 0.0237. The Morgan fingerprint density at radius 1 is 1.26 bits per heavy atom. The number of phenols is 1. The summed E-state index contributed by atoms with van der Waals surface area (Å²) in [5.74, 6) is 0.0718. The van der Waals surface area contributed by atoms with Gasteiger partial charge in [-0.15, -0.1) is 0 Å². The van der Waals surface area contributed by atoms with Crippen LogP contribution in [0.3, 0.4) is 0 Å². The van der Waals surface area contributed by atoms with Gasteiger partial charge in [-0.2, -0.15) is 0 Å². The molecule has 4 nitrogen and oxygen atoms in total. The summed E-state index contributed by atoms with van der Waals surface area (Å²) in [7, 11) is 2.14. The van der Waals surface area contributed by atoms with Gasteiger partial charge in [-0.1, -0.05) is 23.2 Å². The highest BCUT2D eigenvalue weighted by molar-refractivity contribution is 6.36. The molecule has 0 radical (unpaired) electrons. The smallest absolute Gasteiger partial charge is 0.134 e. The van der Waals surface area contributed by atoms with E-state index in [9.17, 15) is 10.2 Å². The van der Waals surface area contributed by atoms with Crippen molar-refractivity contribution in [1.29, 1.82) is 0 Å². The van der Waals surface area contributed by atoms with Crippen LogP contribution in [0, 0.1) is 5.41 Å². The van der Waals surface area contributed by atoms with Gasteiger partial charge in [0.15, 0.2) is 0 Å². The lowest BCUT2D eigenvalue weighted by atomic mass is 9.69. The van der Waals surface area contributed by atoms with Crippen molar-refractivity contribution in [3.05, 3.63) is 27.7 Å². The monoisotopic (exact) mass is 358 g/mol. The number of likely N-dealkylation sites (tertiary alicyclic amines) is 2. The quantitative estimate of drug-likeness (QED) is 0.871. The molecule has 0 aliphatic carbocycles. The number of likely N-dealkylation sites (N-methyl/N-ethyl adjacent to an activating group) is 1. The van der Waals surface area contributed by atoms with Gasteiger partial charge >= 0.3 is 0 Å². The molecule has 0 bridgehead atoms. The van der Waals surface area contributed by atoms with E-state index < -0.39 is 0 Å². The van der Waals surface area contributed by atoms with Crippen molar-refractivity contribution >= 4 is 23.2 Å². The van der Waals surface area contributed by atoms with Gasteiger partial charge in [0.1, 0.15) is 5.75 Å². The zero-order valence-electron chi connectivity index (χ0n) is 13.4. The second kappa shape index (κ2) is 6.77. The maximum atomic E-state index is 9.97. The molecule has 23 heavy (non-hydrogen) atoms. The molecule has 6 heteroatoms. The number of piperidine rings is 2. The van der Waals surface area contributed by atoms with Gasteiger partial charge in [0.2, 0.25) is 0 Å². The third-order valence-corrected chi connectivity index (χ3v) is 6.42. The number of halogens is 2. The van der Waals surface area contributed by atoms with E-state index in [-0.39, 0.29) is 17.8 Å². The van der Waals surface area contributed by atoms with Crippen LogP contribution in [0.1, 0.15) is 24.8 Å². The molecule has 2 aliphatic rings. The van der Waals surface area contributed by atoms with Crippen LogP contribution >= 0.6 is 23.2 Å². The first kappa shape index (κ1) is 17.3. The van der Waals surface area contributed by atoms with Crippen molar-refractivity contribution in [3.63, 3.8) is 0 Å². The molecule has 0 aromatic heterocycles. The number of aliphatic hydroxyl groups is 1. The molecule has 2 N–H and O–H groups in total. The summed E-state index contributed by atoms with van der Waals surface area (Å²) >= 11 is 12.5. The Balaban J connectivity index is 1.78. The lowest BCUT2D eigenvalue weighted by Crippen LogP contribution is -2.61. The molecule has 2 heterocycles. The maximum Gasteiger partial charge on any atom is 0.134 e. The average Bonchev–Trinajstić information content (AvgIpc) is 2.56. The first-order valence-electron chi connectivity index (χ1n) is 8.16. The van der Waals surface area contributed by atoms with Gasteiger partial charge in [-0.05, 0) is 51.5 Å². The highest BCUT2D eigenvalue weighted by atomic mass is 35.5. The summed E-state index contributed by atoms with van der Waals surface area (Å²) in [6, 6.07) is 3.56. The molecule has 2 aliphatic heterocycles. The Morgan fingerprint density at radius 2 is 2.04 bits per heavy atom. The number of aromatic hydroxyl groups is 1. The normalized spacial score (nSPS) is 29.5. The number of benzene rings is 1. The minimum Gasteiger partial charge on any atom is -0.506 e. The Bertz CT molecular complexity index is 584. The second-order valence-electron chi connectivity index (χ2n) is 6.96. The van der Waals surface area contributed by atoms with E-state index in [1.54, 1.807) is 6.07 Å². The van der Waals surface area contributed by atoms with Crippen molar-refractivity contribution < 1.29 is 10.2 Å². The predicted molar refractivity (Wildman–Crippen MR) is 93.2 cm³/mol. The zero-order chi connectivity index (χ0) is 16.6. The summed E-state index contributed by atoms with van der Waals surface area (Å²) < 4.78 is 0. The van der Waals surface area contributed by atoms with Crippen LogP contribution in [0.4, 0.5) is 0 Å². The molecule has 3 rings (SSSR count). The average molecular weight is 359 g/mol. The summed E-state index contributed by atoms with van der Waals surface area (Å²) in [6.07, 6.45) is 3.23. The number of nitrogens with zero attached hydrogens (tertiary/aromatic N) is 2. The SMILES string of the molecule is CN1CCC[C@]2(CO)CCN(Cc3c(Cl)ccc(O)c3Cl)C[C@@H]12. The van der Waals surface area contributed by atoms with Gasteiger partial charge in [0.05, 0.1) is 11.6 Å². The number of hydrogen-bond donors (Lipinski definition) is 2.